The largest absolute Gasteiger partial charge is 3.00 e. The molecule has 3 rings (SSSR count). The molecule has 0 aromatic carbocycles. The molecular formula is C55H99Gd3N12O17. The van der Waals surface area contributed by atoms with E-state index in [-0.39, 0.29) is 203 Å². The van der Waals surface area contributed by atoms with Gasteiger partial charge in [-0.3, -0.25) is 53.9 Å². The molecule has 0 aromatic heterocycles. The maximum absolute atomic E-state index is 12.1. The molecule has 87 heavy (non-hydrogen) atoms. The fourth-order valence-electron chi connectivity index (χ4n) is 10.1. The smallest absolute Gasteiger partial charge is 0.875 e. The second-order valence-corrected chi connectivity index (χ2v) is 22.7. The fourth-order valence-corrected chi connectivity index (χ4v) is 10.1. The van der Waals surface area contributed by atoms with Gasteiger partial charge in [0.15, 0.2) is 0 Å². The van der Waals surface area contributed by atoms with E-state index < -0.39 is 67.3 Å². The molecule has 32 heteroatoms. The van der Waals surface area contributed by atoms with Gasteiger partial charge in [0.1, 0.15) is 0 Å². The third-order valence-electron chi connectivity index (χ3n) is 15.0. The monoisotopic (exact) mass is 1670 g/mol. The van der Waals surface area contributed by atoms with E-state index in [2.05, 4.69) is 49.0 Å². The van der Waals surface area contributed by atoms with Gasteiger partial charge in [0, 0.05) is 234 Å². The van der Waals surface area contributed by atoms with Gasteiger partial charge >= 0.3 is 120 Å². The Morgan fingerprint density at radius 1 is 0.333 bits per heavy atom. The molecule has 3 aliphatic rings. The number of carbonyl (C=O) groups excluding carboxylic acids is 6. The number of rotatable bonds is 23. The molecule has 0 spiro atoms. The first-order valence-electron chi connectivity index (χ1n) is 29.3. The first-order chi connectivity index (χ1) is 39.5. The van der Waals surface area contributed by atoms with Gasteiger partial charge in [0.25, 0.3) is 0 Å². The van der Waals surface area contributed by atoms with Crippen LogP contribution in [0.4, 0.5) is 0 Å². The van der Waals surface area contributed by atoms with Gasteiger partial charge < -0.3 is 89.8 Å². The zero-order valence-corrected chi connectivity index (χ0v) is 59.0. The minimum absolute atomic E-state index is 0. The van der Waals surface area contributed by atoms with Gasteiger partial charge in [-0.25, -0.2) is 0 Å². The minimum atomic E-state index is -1.43. The van der Waals surface area contributed by atoms with E-state index in [4.69, 9.17) is 0 Å². The molecule has 0 saturated carbocycles. The Hall–Kier alpha value is -0.306. The van der Waals surface area contributed by atoms with Crippen LogP contribution in [0.2, 0.25) is 0 Å². The van der Waals surface area contributed by atoms with Crippen LogP contribution in [0.25, 0.3) is 0 Å². The molecule has 1 unspecified atom stereocenters. The maximum atomic E-state index is 12.1. The summed E-state index contributed by atoms with van der Waals surface area (Å²) in [5, 5.41) is 121. The quantitative estimate of drug-likeness (QED) is 0.0897. The molecule has 3 saturated heterocycles. The van der Waals surface area contributed by atoms with Gasteiger partial charge in [-0.1, -0.05) is 13.0 Å². The molecule has 2 N–H and O–H groups in total. The molecule has 505 valence electrons. The van der Waals surface area contributed by atoms with Crippen LogP contribution in [0.15, 0.2) is 12.3 Å². The molecule has 0 bridgehead atoms. The summed E-state index contributed by atoms with van der Waals surface area (Å²) >= 11 is 0. The van der Waals surface area contributed by atoms with Crippen LogP contribution < -0.4 is 46.0 Å². The Kier molecular flexibility index (Phi) is 54.4. The van der Waals surface area contributed by atoms with E-state index in [1.165, 1.54) is 0 Å². The first kappa shape index (κ1) is 90.9. The second kappa shape index (κ2) is 52.0. The van der Waals surface area contributed by atoms with Crippen LogP contribution in [0.3, 0.4) is 0 Å². The molecule has 3 atom stereocenters. The molecule has 29 nitrogen and oxygen atoms in total. The van der Waals surface area contributed by atoms with Crippen molar-refractivity contribution in [3.8, 4) is 0 Å². The number of nitrogens with zero attached hydrogens (tertiary/aromatic N) is 12. The predicted octanol–water partition coefficient (Wildman–Crippen LogP) is -13.9. The summed E-state index contributed by atoms with van der Waals surface area (Å²) in [5.74, 6) is -7.09. The van der Waals surface area contributed by atoms with Crippen LogP contribution in [0.5, 0.6) is 0 Å². The molecule has 3 radical (unpaired) electrons. The van der Waals surface area contributed by atoms with Crippen molar-refractivity contribution in [2.24, 2.45) is 0 Å². The van der Waals surface area contributed by atoms with Crippen molar-refractivity contribution in [2.75, 3.05) is 223 Å². The summed E-state index contributed by atoms with van der Waals surface area (Å²) < 4.78 is 0. The maximum Gasteiger partial charge on any atom is 3.00 e. The number of carboxylic acids is 6. The average molecular weight is 1670 g/mol. The zero-order valence-electron chi connectivity index (χ0n) is 52.2. The van der Waals surface area contributed by atoms with Crippen molar-refractivity contribution in [3.05, 3.63) is 12.3 Å². The van der Waals surface area contributed by atoms with E-state index in [1.807, 2.05) is 43.2 Å². The molecule has 3 heterocycles. The SMILES string of the molecule is C=C([O-])CN1CCN(CC(=O)[O-])CCN(C(C)C)CCN(CC(=O)[O-])CC1.CC(C)N1CCN(CC(=O)[O-])CCN([C@@H](CO)[C@@H]([O-])CO)CCN(CC(=O)[O-])CC1.CC([O-])CN1CCN(CC(=O)[O-])CCN(C(C)C)CCN(CC(=O)[O-])CC1.[Gd+3].[Gd+3].[Gd+3]. The molecule has 3 fully saturated rings. The van der Waals surface area contributed by atoms with Crippen molar-refractivity contribution in [1.82, 2.24) is 58.8 Å². The normalized spacial score (nSPS) is 20.4. The van der Waals surface area contributed by atoms with Gasteiger partial charge in [-0.15, -0.1) is 18.4 Å². The number of aliphatic hydroxyl groups excluding tert-OH is 2. The van der Waals surface area contributed by atoms with Crippen LogP contribution in [0.1, 0.15) is 48.5 Å². The van der Waals surface area contributed by atoms with E-state index in [0.717, 1.165) is 0 Å². The minimum Gasteiger partial charge on any atom is -0.875 e. The number of aliphatic hydroxyl groups is 2. The average Bonchev–Trinajstić information content (AvgIpc) is 3.60. The van der Waals surface area contributed by atoms with Gasteiger partial charge in [0.05, 0.1) is 42.4 Å². The van der Waals surface area contributed by atoms with E-state index in [9.17, 15) is 84.9 Å². The molecule has 3 aliphatic heterocycles. The Labute approximate surface area is 612 Å². The topological polar surface area (TPSA) is 389 Å². The number of carboxylic acid groups (broad SMARTS) is 6. The van der Waals surface area contributed by atoms with Crippen LogP contribution in [-0.2, 0) is 28.8 Å². The molecule has 0 amide bonds. The Balaban J connectivity index is -0.00000120. The van der Waals surface area contributed by atoms with Crippen LogP contribution >= 0.6 is 0 Å². The predicted molar refractivity (Wildman–Crippen MR) is 294 cm³/mol. The summed E-state index contributed by atoms with van der Waals surface area (Å²) in [6.45, 7) is 28.0. The molecular weight excluding hydrogens is 1570 g/mol. The van der Waals surface area contributed by atoms with Crippen molar-refractivity contribution in [1.29, 1.82) is 0 Å². The standard InChI is InChI=1S/C19H37N4O7.C18H35N4O5.C18H34N4O5.3Gd/c1-15(2)22-7-3-20(11-18(27)28)5-9-23(16(13-24)17(26)14-25)10-6-21(4-8-22)12-19(29)30;2*1-15(2)22-10-8-20(13-17(24)25)6-4-19(12-16(3)23)5-7-21(9-11-22)14-18(26)27;;;/h15-17,24-25H,3-14H2,1-2H3,(H,27,28)(H,29,30);15-16H,4-14H2,1-3H3,(H,24,25)(H,26,27);15,23H,3-14H2,1-2H3,(H,24,25)(H,26,27);;;/q2*-1;;3*+3/p-7/t16-,17-;;;;;/m0...../s1. The Morgan fingerprint density at radius 2 is 0.529 bits per heavy atom. The molecule has 0 aromatic rings. The Bertz CT molecular complexity index is 1820. The van der Waals surface area contributed by atoms with Gasteiger partial charge in [-0.05, 0) is 48.1 Å². The summed E-state index contributed by atoms with van der Waals surface area (Å²) in [4.78, 5) is 89.4. The summed E-state index contributed by atoms with van der Waals surface area (Å²) in [6.07, 6.45) is -2.19. The first-order valence-corrected chi connectivity index (χ1v) is 29.3. The van der Waals surface area contributed by atoms with E-state index in [0.29, 0.717) is 151 Å². The van der Waals surface area contributed by atoms with Crippen molar-refractivity contribution in [2.45, 2.75) is 84.8 Å². The number of carbonyl (C=O) groups is 6. The number of aliphatic carboxylic acids is 6. The van der Waals surface area contributed by atoms with E-state index in [1.54, 1.807) is 21.6 Å². The van der Waals surface area contributed by atoms with E-state index >= 15 is 0 Å². The van der Waals surface area contributed by atoms with Gasteiger partial charge in [0.2, 0.25) is 0 Å². The third kappa shape index (κ3) is 44.8. The van der Waals surface area contributed by atoms with Crippen molar-refractivity contribution in [3.63, 3.8) is 0 Å². The second-order valence-electron chi connectivity index (χ2n) is 22.7. The van der Waals surface area contributed by atoms with Crippen molar-refractivity contribution >= 4 is 35.8 Å². The van der Waals surface area contributed by atoms with Gasteiger partial charge in [-0.2, -0.15) is 0 Å². The Morgan fingerprint density at radius 3 is 0.701 bits per heavy atom. The fraction of sp³-hybridized carbons (Fsp3) is 0.855. The molecule has 0 aliphatic carbocycles. The van der Waals surface area contributed by atoms with Crippen LogP contribution in [-0.4, -0.2) is 364 Å². The summed E-state index contributed by atoms with van der Waals surface area (Å²) in [6, 6.07) is -0.147. The summed E-state index contributed by atoms with van der Waals surface area (Å²) in [7, 11) is 0. The van der Waals surface area contributed by atoms with Crippen LogP contribution in [0, 0.1) is 120 Å². The number of hydrogen-bond acceptors (Lipinski definition) is 29. The third-order valence-corrected chi connectivity index (χ3v) is 15.0. The number of hydrogen-bond donors (Lipinski definition) is 2. The van der Waals surface area contributed by atoms with Crippen molar-refractivity contribution < 1.29 is 205 Å². The summed E-state index contributed by atoms with van der Waals surface area (Å²) in [5.41, 5.74) is 0. The zero-order chi connectivity index (χ0) is 63.5.